The van der Waals surface area contributed by atoms with E-state index < -0.39 is 5.41 Å². The van der Waals surface area contributed by atoms with Crippen molar-refractivity contribution in [3.05, 3.63) is 95.6 Å². The number of ether oxygens (including phenoxy) is 2. The van der Waals surface area contributed by atoms with E-state index in [1.807, 2.05) is 12.1 Å². The van der Waals surface area contributed by atoms with Crippen molar-refractivity contribution in [2.45, 2.75) is 31.1 Å². The van der Waals surface area contributed by atoms with Crippen molar-refractivity contribution in [1.29, 1.82) is 5.26 Å². The molecule has 0 N–H and O–H groups in total. The summed E-state index contributed by atoms with van der Waals surface area (Å²) in [5.74, 6) is 4.81. The number of rotatable bonds is 9. The van der Waals surface area contributed by atoms with Crippen molar-refractivity contribution in [1.82, 2.24) is 0 Å². The average molecular weight is 572 g/mol. The Labute approximate surface area is 236 Å². The fourth-order valence-corrected chi connectivity index (χ4v) is 7.45. The summed E-state index contributed by atoms with van der Waals surface area (Å²) in [6.45, 7) is 5.44. The molecule has 2 aliphatic heterocycles. The Morgan fingerprint density at radius 1 is 0.842 bits per heavy atom. The van der Waals surface area contributed by atoms with E-state index in [9.17, 15) is 5.26 Å². The molecule has 7 rings (SSSR count). The number of nitrogens with zero attached hydrogens (tertiary/aromatic N) is 2. The minimum atomic E-state index is -0.573. The van der Waals surface area contributed by atoms with Gasteiger partial charge in [-0.25, -0.2) is 0 Å². The molecule has 5 heteroatoms. The number of halogens is 1. The van der Waals surface area contributed by atoms with Crippen LogP contribution >= 0.6 is 0 Å². The summed E-state index contributed by atoms with van der Waals surface area (Å²) in [5, 5.41) is 10.7. The zero-order valence-corrected chi connectivity index (χ0v) is 23.4. The first-order valence-corrected chi connectivity index (χ1v) is 13.9. The van der Waals surface area contributed by atoms with Gasteiger partial charge in [-0.2, -0.15) is 5.26 Å². The predicted molar refractivity (Wildman–Crippen MR) is 143 cm³/mol. The van der Waals surface area contributed by atoms with Crippen LogP contribution in [0.3, 0.4) is 0 Å². The summed E-state index contributed by atoms with van der Waals surface area (Å²) >= 11 is 0. The zero-order valence-electron chi connectivity index (χ0n) is 21.8. The second kappa shape index (κ2) is 10.1. The number of benzene rings is 3. The van der Waals surface area contributed by atoms with Crippen LogP contribution in [0, 0.1) is 35.0 Å². The van der Waals surface area contributed by atoms with Gasteiger partial charge in [-0.3, -0.25) is 0 Å². The molecule has 4 aliphatic rings. The van der Waals surface area contributed by atoms with Gasteiger partial charge >= 0.3 is 0 Å². The Morgan fingerprint density at radius 3 is 2.08 bits per heavy atom. The third-order valence-electron chi connectivity index (χ3n) is 9.63. The summed E-state index contributed by atoms with van der Waals surface area (Å²) in [6.07, 6.45) is 4.83. The summed E-state index contributed by atoms with van der Waals surface area (Å²) in [5.41, 5.74) is 3.05. The van der Waals surface area contributed by atoms with Crippen molar-refractivity contribution in [2.24, 2.45) is 23.7 Å². The first kappa shape index (κ1) is 25.5. The first-order chi connectivity index (χ1) is 18.2. The second-order valence-electron chi connectivity index (χ2n) is 11.9. The minimum absolute atomic E-state index is 0. The summed E-state index contributed by atoms with van der Waals surface area (Å²) in [7, 11) is 0. The lowest BCUT2D eigenvalue weighted by molar-refractivity contribution is -0.923. The molecule has 4 nitrogen and oxygen atoms in total. The number of likely N-dealkylation sites (tertiary alicyclic amines) is 1. The SMILES string of the molecule is N#CC(CC1C2C[N+](CCc3ccc4c(c3)OCO4)(CC3CC3)CC12)(c1ccccc1)c1ccccc1.[Br-]. The van der Waals surface area contributed by atoms with Gasteiger partial charge in [-0.15, -0.1) is 0 Å². The van der Waals surface area contributed by atoms with Gasteiger partial charge < -0.3 is 30.9 Å². The van der Waals surface area contributed by atoms with Gasteiger partial charge in [0.2, 0.25) is 6.79 Å². The Bertz CT molecular complexity index is 1270. The molecule has 3 aromatic carbocycles. The summed E-state index contributed by atoms with van der Waals surface area (Å²) in [4.78, 5) is 0. The molecular formula is C33H35BrN2O2. The fraction of sp³-hybridized carbons (Fsp3) is 0.424. The Balaban J connectivity index is 0.00000264. The summed E-state index contributed by atoms with van der Waals surface area (Å²) < 4.78 is 12.4. The molecular weight excluding hydrogens is 536 g/mol. The van der Waals surface area contributed by atoms with E-state index in [1.165, 1.54) is 49.1 Å². The molecule has 2 saturated carbocycles. The lowest BCUT2D eigenvalue weighted by atomic mass is 9.71. The smallest absolute Gasteiger partial charge is 0.231 e. The van der Waals surface area contributed by atoms with E-state index in [0.717, 1.165) is 53.2 Å². The van der Waals surface area contributed by atoms with Crippen LogP contribution in [-0.4, -0.2) is 37.5 Å². The van der Waals surface area contributed by atoms with Crippen LogP contribution in [0.5, 0.6) is 11.5 Å². The van der Waals surface area contributed by atoms with E-state index in [2.05, 4.69) is 72.8 Å². The molecule has 2 atom stereocenters. The molecule has 2 heterocycles. The molecule has 1 saturated heterocycles. The number of nitriles is 1. The highest BCUT2D eigenvalue weighted by molar-refractivity contribution is 5.47. The largest absolute Gasteiger partial charge is 1.00 e. The van der Waals surface area contributed by atoms with E-state index in [0.29, 0.717) is 12.7 Å². The van der Waals surface area contributed by atoms with Gasteiger partial charge in [0, 0.05) is 24.2 Å². The van der Waals surface area contributed by atoms with Gasteiger partial charge in [0.05, 0.1) is 32.2 Å². The van der Waals surface area contributed by atoms with Crippen LogP contribution in [0.25, 0.3) is 0 Å². The third-order valence-corrected chi connectivity index (χ3v) is 9.63. The highest BCUT2D eigenvalue weighted by Crippen LogP contribution is 2.60. The number of fused-ring (bicyclic) bond motifs is 2. The van der Waals surface area contributed by atoms with E-state index in [1.54, 1.807) is 0 Å². The van der Waals surface area contributed by atoms with Crippen molar-refractivity contribution in [3.8, 4) is 17.6 Å². The lowest BCUT2D eigenvalue weighted by Gasteiger charge is -2.38. The maximum atomic E-state index is 10.7. The standard InChI is InChI=1S/C33H35N2O2.BrH/c34-22-33(26-7-3-1-4-8-26,27-9-5-2-6-10-27)18-28-29-20-35(21-30(28)29,19-25-11-12-25)16-15-24-13-14-31-32(17-24)37-23-36-31;/h1-10,13-14,17,25,28-30H,11-12,15-16,18-21,23H2;1H/q+1;/p-1. The van der Waals surface area contributed by atoms with E-state index in [-0.39, 0.29) is 17.0 Å². The number of hydrogen-bond donors (Lipinski definition) is 0. The monoisotopic (exact) mass is 570 g/mol. The molecule has 3 aromatic rings. The van der Waals surface area contributed by atoms with Crippen LogP contribution in [0.1, 0.15) is 36.0 Å². The number of piperidine rings is 1. The van der Waals surface area contributed by atoms with Crippen LogP contribution in [0.15, 0.2) is 78.9 Å². The highest BCUT2D eigenvalue weighted by Gasteiger charge is 2.64. The van der Waals surface area contributed by atoms with Crippen molar-refractivity contribution in [2.75, 3.05) is 33.0 Å². The molecule has 38 heavy (non-hydrogen) atoms. The van der Waals surface area contributed by atoms with Gasteiger partial charge in [0.1, 0.15) is 5.41 Å². The van der Waals surface area contributed by atoms with Crippen molar-refractivity contribution < 1.29 is 30.9 Å². The Morgan fingerprint density at radius 2 is 1.47 bits per heavy atom. The quantitative estimate of drug-likeness (QED) is 0.371. The normalized spacial score (nSPS) is 26.8. The van der Waals surface area contributed by atoms with Crippen molar-refractivity contribution >= 4 is 0 Å². The van der Waals surface area contributed by atoms with Crippen LogP contribution in [-0.2, 0) is 11.8 Å². The maximum absolute atomic E-state index is 10.7. The molecule has 0 radical (unpaired) electrons. The summed E-state index contributed by atoms with van der Waals surface area (Å²) in [6, 6.07) is 30.2. The Kier molecular flexibility index (Phi) is 6.74. The molecule has 0 bridgehead atoms. The highest BCUT2D eigenvalue weighted by atomic mass is 79.9. The minimum Gasteiger partial charge on any atom is -1.00 e. The van der Waals surface area contributed by atoms with E-state index in [4.69, 9.17) is 9.47 Å². The fourth-order valence-electron chi connectivity index (χ4n) is 7.45. The first-order valence-electron chi connectivity index (χ1n) is 13.9. The number of hydrogen-bond acceptors (Lipinski definition) is 3. The average Bonchev–Trinajstić information content (AvgIpc) is 3.75. The van der Waals surface area contributed by atoms with Gasteiger partial charge in [-0.1, -0.05) is 66.7 Å². The molecule has 2 aliphatic carbocycles. The van der Waals surface area contributed by atoms with Crippen LogP contribution in [0.2, 0.25) is 0 Å². The zero-order chi connectivity index (χ0) is 24.9. The maximum Gasteiger partial charge on any atom is 0.231 e. The second-order valence-corrected chi connectivity index (χ2v) is 11.9. The van der Waals surface area contributed by atoms with Crippen LogP contribution in [0.4, 0.5) is 0 Å². The predicted octanol–water partition coefficient (Wildman–Crippen LogP) is 2.96. The third kappa shape index (κ3) is 4.63. The number of quaternary nitrogens is 1. The lowest BCUT2D eigenvalue weighted by Crippen LogP contribution is -3.00. The molecule has 0 aromatic heterocycles. The molecule has 0 amide bonds. The molecule has 3 fully saturated rings. The Hall–Kier alpha value is -2.81. The van der Waals surface area contributed by atoms with Gasteiger partial charge in [0.15, 0.2) is 11.5 Å². The molecule has 196 valence electrons. The molecule has 0 spiro atoms. The van der Waals surface area contributed by atoms with E-state index >= 15 is 0 Å². The van der Waals surface area contributed by atoms with Gasteiger partial charge in [-0.05, 0) is 54.0 Å². The van der Waals surface area contributed by atoms with Crippen molar-refractivity contribution in [3.63, 3.8) is 0 Å². The van der Waals surface area contributed by atoms with Crippen LogP contribution < -0.4 is 26.5 Å². The molecule has 2 unspecified atom stereocenters. The van der Waals surface area contributed by atoms with Gasteiger partial charge in [0.25, 0.3) is 0 Å². The topological polar surface area (TPSA) is 42.2 Å².